The molecule has 0 unspecified atom stereocenters. The van der Waals surface area contributed by atoms with Crippen LogP contribution in [0, 0.1) is 0 Å². The summed E-state index contributed by atoms with van der Waals surface area (Å²) in [6.07, 6.45) is 0. The summed E-state index contributed by atoms with van der Waals surface area (Å²) in [5.41, 5.74) is 0. The largest absolute Gasteiger partial charge is 0.143 e. The number of hydrogen-bond donors (Lipinski definition) is 4. The Morgan fingerprint density at radius 1 is 0.500 bits per heavy atom. The van der Waals surface area contributed by atoms with Crippen molar-refractivity contribution >= 4 is 50.5 Å². The highest BCUT2D eigenvalue weighted by Crippen LogP contribution is 2.15. The minimum atomic E-state index is 0.927. The van der Waals surface area contributed by atoms with Gasteiger partial charge in [0, 0.05) is 19.6 Å². The topological polar surface area (TPSA) is 0 Å². The van der Waals surface area contributed by atoms with Gasteiger partial charge in [0.15, 0.2) is 0 Å². The number of thiol groups is 4. The van der Waals surface area contributed by atoms with Gasteiger partial charge >= 0.3 is 0 Å². The van der Waals surface area contributed by atoms with Crippen molar-refractivity contribution in [3.8, 4) is 0 Å². The van der Waals surface area contributed by atoms with Crippen LogP contribution in [0.1, 0.15) is 0 Å². The highest BCUT2D eigenvalue weighted by atomic mass is 32.1. The normalized spacial score (nSPS) is 9.25. The highest BCUT2D eigenvalue weighted by molar-refractivity contribution is 7.83. The minimum Gasteiger partial charge on any atom is -0.143 e. The summed E-state index contributed by atoms with van der Waals surface area (Å²) in [5.74, 6) is 0. The van der Waals surface area contributed by atoms with Gasteiger partial charge in [0.2, 0.25) is 0 Å². The molecule has 16 heavy (non-hydrogen) atoms. The quantitative estimate of drug-likeness (QED) is 0.502. The van der Waals surface area contributed by atoms with E-state index in [4.69, 9.17) is 0 Å². The molecule has 0 aliphatic carbocycles. The SMILES string of the molecule is Sc1ccc(S)cc1.Sc1ccccc1S. The second-order valence-electron chi connectivity index (χ2n) is 3.01. The maximum absolute atomic E-state index is 4.12. The van der Waals surface area contributed by atoms with Gasteiger partial charge in [-0.25, -0.2) is 0 Å². The molecule has 0 spiro atoms. The molecular formula is C12H12S4. The van der Waals surface area contributed by atoms with Gasteiger partial charge in [-0.15, -0.1) is 50.5 Å². The third kappa shape index (κ3) is 5.25. The van der Waals surface area contributed by atoms with E-state index in [1.807, 2.05) is 48.5 Å². The molecule has 0 N–H and O–H groups in total. The Morgan fingerprint density at radius 2 is 0.812 bits per heavy atom. The van der Waals surface area contributed by atoms with Crippen LogP contribution in [0.2, 0.25) is 0 Å². The highest BCUT2D eigenvalue weighted by Gasteiger charge is 1.86. The van der Waals surface area contributed by atoms with Gasteiger partial charge in [0.1, 0.15) is 0 Å². The Balaban J connectivity index is 0.000000160. The van der Waals surface area contributed by atoms with Crippen LogP contribution >= 0.6 is 50.5 Å². The van der Waals surface area contributed by atoms with Gasteiger partial charge in [0.05, 0.1) is 0 Å². The molecule has 0 fully saturated rings. The molecule has 0 nitrogen and oxygen atoms in total. The number of rotatable bonds is 0. The molecule has 0 heterocycles. The van der Waals surface area contributed by atoms with Crippen LogP contribution in [0.4, 0.5) is 0 Å². The molecule has 0 aliphatic heterocycles. The molecule has 84 valence electrons. The van der Waals surface area contributed by atoms with Crippen molar-refractivity contribution in [1.82, 2.24) is 0 Å². The Bertz CT molecular complexity index is 395. The third-order valence-electron chi connectivity index (χ3n) is 1.73. The first-order valence-electron chi connectivity index (χ1n) is 4.54. The summed E-state index contributed by atoms with van der Waals surface area (Å²) in [6.45, 7) is 0. The molecule has 0 aromatic heterocycles. The standard InChI is InChI=1S/2C6H6S2/c7-5-1-2-6(8)4-3-5;7-5-3-1-2-4-6(5)8/h2*1-4,7-8H. The fraction of sp³-hybridized carbons (Fsp3) is 0. The van der Waals surface area contributed by atoms with Crippen LogP contribution in [-0.2, 0) is 0 Å². The smallest absolute Gasteiger partial charge is 0.0174 e. The van der Waals surface area contributed by atoms with E-state index < -0.39 is 0 Å². The molecule has 0 amide bonds. The molecule has 2 rings (SSSR count). The van der Waals surface area contributed by atoms with E-state index >= 15 is 0 Å². The molecular weight excluding hydrogens is 272 g/mol. The van der Waals surface area contributed by atoms with E-state index in [0.717, 1.165) is 19.6 Å². The van der Waals surface area contributed by atoms with E-state index in [1.165, 1.54) is 0 Å². The zero-order valence-corrected chi connectivity index (χ0v) is 12.0. The molecule has 0 atom stereocenters. The first kappa shape index (κ1) is 13.9. The van der Waals surface area contributed by atoms with Gasteiger partial charge in [0.25, 0.3) is 0 Å². The molecule has 0 saturated carbocycles. The maximum Gasteiger partial charge on any atom is 0.0174 e. The zero-order chi connectivity index (χ0) is 12.0. The van der Waals surface area contributed by atoms with Crippen molar-refractivity contribution in [3.05, 3.63) is 48.5 Å². The first-order chi connectivity index (χ1) is 7.59. The van der Waals surface area contributed by atoms with Crippen LogP contribution in [0.3, 0.4) is 0 Å². The van der Waals surface area contributed by atoms with Crippen LogP contribution in [0.5, 0.6) is 0 Å². The average Bonchev–Trinajstić information content (AvgIpc) is 2.28. The Labute approximate surface area is 118 Å². The van der Waals surface area contributed by atoms with Gasteiger partial charge in [-0.05, 0) is 36.4 Å². The fourth-order valence-corrected chi connectivity index (χ4v) is 1.54. The van der Waals surface area contributed by atoms with Gasteiger partial charge < -0.3 is 0 Å². The summed E-state index contributed by atoms with van der Waals surface area (Å²) < 4.78 is 0. The zero-order valence-electron chi connectivity index (χ0n) is 8.41. The van der Waals surface area contributed by atoms with E-state index in [9.17, 15) is 0 Å². The van der Waals surface area contributed by atoms with Crippen molar-refractivity contribution in [2.75, 3.05) is 0 Å². The van der Waals surface area contributed by atoms with Crippen LogP contribution in [0.15, 0.2) is 68.1 Å². The molecule has 0 saturated heterocycles. The third-order valence-corrected chi connectivity index (χ3v) is 3.28. The van der Waals surface area contributed by atoms with Gasteiger partial charge in [-0.2, -0.15) is 0 Å². The van der Waals surface area contributed by atoms with E-state index in [1.54, 1.807) is 0 Å². The number of benzene rings is 2. The monoisotopic (exact) mass is 284 g/mol. The van der Waals surface area contributed by atoms with Crippen molar-refractivity contribution < 1.29 is 0 Å². The molecule has 4 heteroatoms. The van der Waals surface area contributed by atoms with E-state index in [2.05, 4.69) is 50.5 Å². The van der Waals surface area contributed by atoms with Crippen molar-refractivity contribution in [3.63, 3.8) is 0 Å². The minimum absolute atomic E-state index is 0.927. The molecule has 0 bridgehead atoms. The van der Waals surface area contributed by atoms with E-state index in [0.29, 0.717) is 0 Å². The summed E-state index contributed by atoms with van der Waals surface area (Å²) in [6, 6.07) is 15.3. The lowest BCUT2D eigenvalue weighted by Crippen LogP contribution is -1.65. The summed E-state index contributed by atoms with van der Waals surface area (Å²) in [4.78, 5) is 3.80. The maximum atomic E-state index is 4.12. The molecule has 2 aromatic rings. The lowest BCUT2D eigenvalue weighted by atomic mass is 10.4. The van der Waals surface area contributed by atoms with Crippen LogP contribution in [-0.4, -0.2) is 0 Å². The van der Waals surface area contributed by atoms with Crippen LogP contribution in [0.25, 0.3) is 0 Å². The fourth-order valence-electron chi connectivity index (χ4n) is 0.917. The molecule has 0 aliphatic rings. The Hall–Kier alpha value is -0.160. The Morgan fingerprint density at radius 3 is 1.06 bits per heavy atom. The summed E-state index contributed by atoms with van der Waals surface area (Å²) >= 11 is 16.4. The average molecular weight is 284 g/mol. The summed E-state index contributed by atoms with van der Waals surface area (Å²) in [5, 5.41) is 0. The second-order valence-corrected chi connectivity index (χ2v) is 5.00. The second kappa shape index (κ2) is 7.22. The lowest BCUT2D eigenvalue weighted by Gasteiger charge is -1.91. The van der Waals surface area contributed by atoms with Gasteiger partial charge in [-0.3, -0.25) is 0 Å². The first-order valence-corrected chi connectivity index (χ1v) is 6.33. The van der Waals surface area contributed by atoms with Crippen molar-refractivity contribution in [2.24, 2.45) is 0 Å². The number of hydrogen-bond acceptors (Lipinski definition) is 4. The Kier molecular flexibility index (Phi) is 6.28. The van der Waals surface area contributed by atoms with Crippen LogP contribution < -0.4 is 0 Å². The van der Waals surface area contributed by atoms with E-state index in [-0.39, 0.29) is 0 Å². The lowest BCUT2D eigenvalue weighted by molar-refractivity contribution is 1.27. The van der Waals surface area contributed by atoms with Gasteiger partial charge in [-0.1, -0.05) is 12.1 Å². The van der Waals surface area contributed by atoms with Crippen molar-refractivity contribution in [1.29, 1.82) is 0 Å². The predicted octanol–water partition coefficient (Wildman–Crippen LogP) is 4.53. The molecule has 0 radical (unpaired) electrons. The molecule has 2 aromatic carbocycles. The predicted molar refractivity (Wildman–Crippen MR) is 81.9 cm³/mol. The summed E-state index contributed by atoms with van der Waals surface area (Å²) in [7, 11) is 0. The van der Waals surface area contributed by atoms with Crippen molar-refractivity contribution in [2.45, 2.75) is 19.6 Å².